The molecule has 148 valence electrons. The Morgan fingerprint density at radius 1 is 1.18 bits per heavy atom. The number of benzene rings is 2. The van der Waals surface area contributed by atoms with Crippen LogP contribution in [-0.2, 0) is 16.0 Å². The zero-order valence-corrected chi connectivity index (χ0v) is 15.9. The van der Waals surface area contributed by atoms with E-state index in [0.717, 1.165) is 5.56 Å². The van der Waals surface area contributed by atoms with Crippen molar-refractivity contribution in [2.45, 2.75) is 12.8 Å². The van der Waals surface area contributed by atoms with Crippen molar-refractivity contribution in [2.24, 2.45) is 5.92 Å². The number of ether oxygens (including phenoxy) is 2. The second-order valence-electron chi connectivity index (χ2n) is 6.61. The molecule has 0 unspecified atom stereocenters. The van der Waals surface area contributed by atoms with Gasteiger partial charge in [0.2, 0.25) is 11.8 Å². The molecule has 3 rings (SSSR count). The Balaban J connectivity index is 1.60. The minimum Gasteiger partial charge on any atom is -0.497 e. The van der Waals surface area contributed by atoms with Gasteiger partial charge in [-0.1, -0.05) is 12.1 Å². The Bertz CT molecular complexity index is 854. The number of hydrogen-bond acceptors (Lipinski definition) is 4. The number of anilines is 1. The van der Waals surface area contributed by atoms with Gasteiger partial charge < -0.3 is 19.7 Å². The minimum atomic E-state index is -0.434. The zero-order valence-electron chi connectivity index (χ0n) is 15.9. The van der Waals surface area contributed by atoms with Gasteiger partial charge in [-0.05, 0) is 36.2 Å². The number of hydrogen-bond donors (Lipinski definition) is 1. The summed E-state index contributed by atoms with van der Waals surface area (Å²) < 4.78 is 23.5. The highest BCUT2D eigenvalue weighted by molar-refractivity contribution is 6.01. The molecule has 1 fully saturated rings. The van der Waals surface area contributed by atoms with Gasteiger partial charge in [0.05, 0.1) is 25.8 Å². The summed E-state index contributed by atoms with van der Waals surface area (Å²) in [7, 11) is 3.08. The molecule has 2 amide bonds. The van der Waals surface area contributed by atoms with Crippen LogP contribution in [0, 0.1) is 11.7 Å². The topological polar surface area (TPSA) is 67.9 Å². The number of nitrogens with zero attached hydrogens (tertiary/aromatic N) is 1. The van der Waals surface area contributed by atoms with Gasteiger partial charge in [0.1, 0.15) is 17.3 Å². The van der Waals surface area contributed by atoms with Gasteiger partial charge in [-0.2, -0.15) is 0 Å². The minimum absolute atomic E-state index is 0.134. The molecule has 0 radical (unpaired) electrons. The Morgan fingerprint density at radius 2 is 1.93 bits per heavy atom. The van der Waals surface area contributed by atoms with Crippen LogP contribution >= 0.6 is 0 Å². The van der Waals surface area contributed by atoms with E-state index in [1.54, 1.807) is 42.3 Å². The van der Waals surface area contributed by atoms with Crippen LogP contribution in [0.5, 0.6) is 11.5 Å². The number of carbonyl (C=O) groups is 2. The second-order valence-corrected chi connectivity index (χ2v) is 6.61. The highest BCUT2D eigenvalue weighted by atomic mass is 19.1. The van der Waals surface area contributed by atoms with Crippen molar-refractivity contribution in [1.29, 1.82) is 0 Å². The predicted molar refractivity (Wildman–Crippen MR) is 103 cm³/mol. The fraction of sp³-hybridized carbons (Fsp3) is 0.333. The van der Waals surface area contributed by atoms with Crippen molar-refractivity contribution in [3.05, 3.63) is 53.8 Å². The monoisotopic (exact) mass is 386 g/mol. The zero-order chi connectivity index (χ0) is 20.1. The fourth-order valence-electron chi connectivity index (χ4n) is 3.25. The fourth-order valence-corrected chi connectivity index (χ4v) is 3.25. The van der Waals surface area contributed by atoms with Crippen LogP contribution < -0.4 is 19.7 Å². The van der Waals surface area contributed by atoms with E-state index in [1.807, 2.05) is 0 Å². The van der Waals surface area contributed by atoms with Gasteiger partial charge in [0.25, 0.3) is 0 Å². The van der Waals surface area contributed by atoms with Crippen LogP contribution in [0.3, 0.4) is 0 Å². The number of carbonyl (C=O) groups excluding carboxylic acids is 2. The summed E-state index contributed by atoms with van der Waals surface area (Å²) in [6, 6.07) is 11.4. The third kappa shape index (κ3) is 4.42. The van der Waals surface area contributed by atoms with Gasteiger partial charge in [-0.15, -0.1) is 0 Å². The van der Waals surface area contributed by atoms with Gasteiger partial charge >= 0.3 is 0 Å². The maximum Gasteiger partial charge on any atom is 0.227 e. The largest absolute Gasteiger partial charge is 0.497 e. The lowest BCUT2D eigenvalue weighted by Gasteiger charge is -2.20. The summed E-state index contributed by atoms with van der Waals surface area (Å²) in [5, 5.41) is 2.86. The van der Waals surface area contributed by atoms with Crippen molar-refractivity contribution in [3.8, 4) is 11.5 Å². The number of amides is 2. The lowest BCUT2D eigenvalue weighted by atomic mass is 10.1. The van der Waals surface area contributed by atoms with E-state index in [1.165, 1.54) is 19.2 Å². The Labute approximate surface area is 163 Å². The molecular weight excluding hydrogens is 363 g/mol. The molecule has 1 heterocycles. The maximum absolute atomic E-state index is 12.9. The Hall–Kier alpha value is -3.09. The molecule has 28 heavy (non-hydrogen) atoms. The molecule has 1 aliphatic rings. The summed E-state index contributed by atoms with van der Waals surface area (Å²) in [5.41, 5.74) is 1.53. The first-order valence-electron chi connectivity index (χ1n) is 9.06. The quantitative estimate of drug-likeness (QED) is 0.794. The van der Waals surface area contributed by atoms with E-state index in [-0.39, 0.29) is 30.6 Å². The standard InChI is InChI=1S/C21H23FN2O4/c1-27-17-7-8-19(28-2)18(12-17)24-13-15(11-20(24)25)21(26)23-10-9-14-3-5-16(22)6-4-14/h3-8,12,15H,9-11,13H2,1-2H3,(H,23,26)/t15-/m0/s1. The van der Waals surface area contributed by atoms with Crippen molar-refractivity contribution in [1.82, 2.24) is 5.32 Å². The second kappa shape index (κ2) is 8.73. The lowest BCUT2D eigenvalue weighted by molar-refractivity contribution is -0.126. The molecule has 1 N–H and O–H groups in total. The van der Waals surface area contributed by atoms with E-state index < -0.39 is 5.92 Å². The van der Waals surface area contributed by atoms with Crippen LogP contribution in [0.4, 0.5) is 10.1 Å². The molecule has 6 nitrogen and oxygen atoms in total. The number of rotatable bonds is 7. The van der Waals surface area contributed by atoms with Crippen LogP contribution in [-0.4, -0.2) is 39.1 Å². The number of halogens is 1. The summed E-state index contributed by atoms with van der Waals surface area (Å²) >= 11 is 0. The van der Waals surface area contributed by atoms with Gasteiger partial charge in [0.15, 0.2) is 0 Å². The molecule has 0 aliphatic carbocycles. The molecule has 2 aromatic carbocycles. The normalized spacial score (nSPS) is 16.2. The SMILES string of the molecule is COc1ccc(OC)c(N2C[C@@H](C(=O)NCCc3ccc(F)cc3)CC2=O)c1. The van der Waals surface area contributed by atoms with E-state index in [0.29, 0.717) is 30.2 Å². The highest BCUT2D eigenvalue weighted by Gasteiger charge is 2.36. The third-order valence-electron chi connectivity index (χ3n) is 4.80. The molecule has 1 saturated heterocycles. The van der Waals surface area contributed by atoms with Crippen molar-refractivity contribution in [3.63, 3.8) is 0 Å². The Morgan fingerprint density at radius 3 is 2.61 bits per heavy atom. The van der Waals surface area contributed by atoms with Crippen molar-refractivity contribution in [2.75, 3.05) is 32.2 Å². The van der Waals surface area contributed by atoms with Crippen molar-refractivity contribution >= 4 is 17.5 Å². The molecule has 0 spiro atoms. The lowest BCUT2D eigenvalue weighted by Crippen LogP contribution is -2.34. The average molecular weight is 386 g/mol. The summed E-state index contributed by atoms with van der Waals surface area (Å²) in [5.74, 6) is 0.134. The molecular formula is C21H23FN2O4. The third-order valence-corrected chi connectivity index (χ3v) is 4.80. The van der Waals surface area contributed by atoms with E-state index >= 15 is 0 Å². The molecule has 0 aromatic heterocycles. The summed E-state index contributed by atoms with van der Waals surface area (Å²) in [4.78, 5) is 26.5. The van der Waals surface area contributed by atoms with Crippen molar-refractivity contribution < 1.29 is 23.5 Å². The van der Waals surface area contributed by atoms with Crippen LogP contribution in [0.15, 0.2) is 42.5 Å². The molecule has 7 heteroatoms. The van der Waals surface area contributed by atoms with E-state index in [4.69, 9.17) is 9.47 Å². The van der Waals surface area contributed by atoms with Gasteiger partial charge in [0, 0.05) is 25.6 Å². The van der Waals surface area contributed by atoms with Crippen LogP contribution in [0.25, 0.3) is 0 Å². The smallest absolute Gasteiger partial charge is 0.227 e. The highest BCUT2D eigenvalue weighted by Crippen LogP contribution is 2.36. The number of methoxy groups -OCH3 is 2. The van der Waals surface area contributed by atoms with Gasteiger partial charge in [-0.25, -0.2) is 4.39 Å². The Kier molecular flexibility index (Phi) is 6.13. The molecule has 2 aromatic rings. The maximum atomic E-state index is 12.9. The first kappa shape index (κ1) is 19.7. The molecule has 1 atom stereocenters. The summed E-state index contributed by atoms with van der Waals surface area (Å²) in [6.07, 6.45) is 0.739. The first-order chi connectivity index (χ1) is 13.5. The van der Waals surface area contributed by atoms with Crippen LogP contribution in [0.1, 0.15) is 12.0 Å². The first-order valence-corrected chi connectivity index (χ1v) is 9.06. The molecule has 0 saturated carbocycles. The van der Waals surface area contributed by atoms with E-state index in [9.17, 15) is 14.0 Å². The number of nitrogens with one attached hydrogen (secondary N) is 1. The molecule has 0 bridgehead atoms. The molecule has 1 aliphatic heterocycles. The van der Waals surface area contributed by atoms with Crippen LogP contribution in [0.2, 0.25) is 0 Å². The van der Waals surface area contributed by atoms with Gasteiger partial charge in [-0.3, -0.25) is 9.59 Å². The summed E-state index contributed by atoms with van der Waals surface area (Å²) in [6.45, 7) is 0.711. The average Bonchev–Trinajstić information content (AvgIpc) is 3.10. The van der Waals surface area contributed by atoms with E-state index in [2.05, 4.69) is 5.32 Å². The predicted octanol–water partition coefficient (Wildman–Crippen LogP) is 2.55.